The van der Waals surface area contributed by atoms with Crippen molar-refractivity contribution in [2.45, 2.75) is 6.43 Å². The van der Waals surface area contributed by atoms with E-state index in [1.54, 1.807) is 0 Å². The molecule has 1 aromatic carbocycles. The summed E-state index contributed by atoms with van der Waals surface area (Å²) in [6.45, 7) is 0. The molecular formula is C7H7F2O4P. The molecule has 0 atom stereocenters. The summed E-state index contributed by atoms with van der Waals surface area (Å²) in [5.41, 5.74) is -0.546. The number of phosphoric ester groups is 1. The second kappa shape index (κ2) is 4.04. The van der Waals surface area contributed by atoms with E-state index in [1.807, 2.05) is 0 Å². The van der Waals surface area contributed by atoms with Gasteiger partial charge in [-0.25, -0.2) is 13.3 Å². The molecule has 0 heterocycles. The summed E-state index contributed by atoms with van der Waals surface area (Å²) in [6, 6.07) is 4.78. The molecule has 0 amide bonds. The Hall–Kier alpha value is -0.970. The zero-order valence-electron chi connectivity index (χ0n) is 6.80. The van der Waals surface area contributed by atoms with Gasteiger partial charge in [-0.2, -0.15) is 0 Å². The Kier molecular flexibility index (Phi) is 3.21. The van der Waals surface area contributed by atoms with E-state index in [2.05, 4.69) is 4.52 Å². The van der Waals surface area contributed by atoms with E-state index in [0.717, 1.165) is 12.1 Å². The molecule has 0 saturated carbocycles. The molecule has 0 unspecified atom stereocenters. The van der Waals surface area contributed by atoms with E-state index in [9.17, 15) is 13.3 Å². The minimum Gasteiger partial charge on any atom is -0.404 e. The largest absolute Gasteiger partial charge is 0.524 e. The molecule has 1 aromatic rings. The molecule has 1 rings (SSSR count). The minimum atomic E-state index is -4.79. The first-order valence-electron chi connectivity index (χ1n) is 3.52. The molecular weight excluding hydrogens is 217 g/mol. The zero-order valence-corrected chi connectivity index (χ0v) is 7.70. The zero-order chi connectivity index (χ0) is 10.8. The van der Waals surface area contributed by atoms with Gasteiger partial charge in [0.25, 0.3) is 6.43 Å². The summed E-state index contributed by atoms with van der Waals surface area (Å²) in [6.07, 6.45) is -2.84. The number of rotatable bonds is 3. The summed E-state index contributed by atoms with van der Waals surface area (Å²) in [5.74, 6) is -0.504. The van der Waals surface area contributed by atoms with Gasteiger partial charge in [0, 0.05) is 0 Å². The van der Waals surface area contributed by atoms with Crippen molar-refractivity contribution >= 4 is 7.82 Å². The van der Waals surface area contributed by atoms with Gasteiger partial charge >= 0.3 is 7.82 Å². The van der Waals surface area contributed by atoms with Crippen molar-refractivity contribution in [2.24, 2.45) is 0 Å². The first-order chi connectivity index (χ1) is 6.40. The smallest absolute Gasteiger partial charge is 0.404 e. The first kappa shape index (κ1) is 11.1. The molecule has 14 heavy (non-hydrogen) atoms. The second-order valence-corrected chi connectivity index (χ2v) is 3.58. The standard InChI is InChI=1S/C7H7F2O4P/c8-7(9)5-3-1-2-4-6(5)13-14(10,11)12/h1-4,7H,(H2,10,11,12). The fraction of sp³-hybridized carbons (Fsp3) is 0.143. The van der Waals surface area contributed by atoms with E-state index in [-0.39, 0.29) is 0 Å². The molecule has 0 aliphatic rings. The SMILES string of the molecule is O=P(O)(O)Oc1ccccc1C(F)F. The molecule has 78 valence electrons. The van der Waals surface area contributed by atoms with Crippen LogP contribution in [0.4, 0.5) is 8.78 Å². The average Bonchev–Trinajstić information content (AvgIpc) is 2.01. The predicted octanol–water partition coefficient (Wildman–Crippen LogP) is 2.10. The van der Waals surface area contributed by atoms with E-state index in [4.69, 9.17) is 9.79 Å². The lowest BCUT2D eigenvalue weighted by atomic mass is 10.2. The van der Waals surface area contributed by atoms with Crippen molar-refractivity contribution < 1.29 is 27.7 Å². The van der Waals surface area contributed by atoms with Crippen molar-refractivity contribution in [2.75, 3.05) is 0 Å². The molecule has 0 spiro atoms. The highest BCUT2D eigenvalue weighted by atomic mass is 31.2. The lowest BCUT2D eigenvalue weighted by Gasteiger charge is -2.10. The summed E-state index contributed by atoms with van der Waals surface area (Å²) in [7, 11) is -4.79. The van der Waals surface area contributed by atoms with Gasteiger partial charge in [-0.1, -0.05) is 12.1 Å². The van der Waals surface area contributed by atoms with Crippen LogP contribution in [0, 0.1) is 0 Å². The van der Waals surface area contributed by atoms with E-state index in [0.29, 0.717) is 0 Å². The monoisotopic (exact) mass is 224 g/mol. The van der Waals surface area contributed by atoms with Crippen molar-refractivity contribution in [1.29, 1.82) is 0 Å². The van der Waals surface area contributed by atoms with Gasteiger partial charge in [0.15, 0.2) is 0 Å². The lowest BCUT2D eigenvalue weighted by Crippen LogP contribution is -1.95. The molecule has 7 heteroatoms. The molecule has 0 aliphatic heterocycles. The van der Waals surface area contributed by atoms with Gasteiger partial charge in [0.2, 0.25) is 0 Å². The van der Waals surface area contributed by atoms with Gasteiger partial charge in [0.05, 0.1) is 5.56 Å². The maximum Gasteiger partial charge on any atom is 0.524 e. The molecule has 0 radical (unpaired) electrons. The lowest BCUT2D eigenvalue weighted by molar-refractivity contribution is 0.148. The summed E-state index contributed by atoms with van der Waals surface area (Å²) in [5, 5.41) is 0. The third-order valence-electron chi connectivity index (χ3n) is 1.37. The molecule has 0 saturated heterocycles. The predicted molar refractivity (Wildman–Crippen MR) is 44.1 cm³/mol. The van der Waals surface area contributed by atoms with Crippen LogP contribution in [0.15, 0.2) is 24.3 Å². The highest BCUT2D eigenvalue weighted by Gasteiger charge is 2.21. The number of hydrogen-bond donors (Lipinski definition) is 2. The van der Waals surface area contributed by atoms with Crippen molar-refractivity contribution in [3.05, 3.63) is 29.8 Å². The second-order valence-electron chi connectivity index (χ2n) is 2.42. The van der Waals surface area contributed by atoms with Crippen LogP contribution in [0.5, 0.6) is 5.75 Å². The minimum absolute atomic E-state index is 0.504. The molecule has 0 aliphatic carbocycles. The van der Waals surface area contributed by atoms with Gasteiger partial charge in [-0.05, 0) is 12.1 Å². The van der Waals surface area contributed by atoms with Crippen LogP contribution >= 0.6 is 7.82 Å². The summed E-state index contributed by atoms with van der Waals surface area (Å²) >= 11 is 0. The Morgan fingerprint density at radius 2 is 1.86 bits per heavy atom. The molecule has 4 nitrogen and oxygen atoms in total. The van der Waals surface area contributed by atoms with E-state index in [1.165, 1.54) is 12.1 Å². The van der Waals surface area contributed by atoms with Gasteiger partial charge in [-0.15, -0.1) is 0 Å². The third-order valence-corrected chi connectivity index (χ3v) is 1.81. The van der Waals surface area contributed by atoms with Crippen LogP contribution in [0.25, 0.3) is 0 Å². The van der Waals surface area contributed by atoms with E-state index >= 15 is 0 Å². The number of alkyl halides is 2. The first-order valence-corrected chi connectivity index (χ1v) is 5.05. The normalized spacial score (nSPS) is 11.8. The van der Waals surface area contributed by atoms with Crippen LogP contribution in [0.1, 0.15) is 12.0 Å². The summed E-state index contributed by atoms with van der Waals surface area (Å²) < 4.78 is 39.0. The van der Waals surface area contributed by atoms with Crippen molar-refractivity contribution in [3.8, 4) is 5.75 Å². The van der Waals surface area contributed by atoms with E-state index < -0.39 is 25.6 Å². The Morgan fingerprint density at radius 1 is 1.29 bits per heavy atom. The van der Waals surface area contributed by atoms with Crippen molar-refractivity contribution in [1.82, 2.24) is 0 Å². The maximum absolute atomic E-state index is 12.3. The van der Waals surface area contributed by atoms with Crippen LogP contribution in [-0.2, 0) is 4.57 Å². The Balaban J connectivity index is 3.02. The fourth-order valence-electron chi connectivity index (χ4n) is 0.872. The Labute approximate surface area is 78.4 Å². The quantitative estimate of drug-likeness (QED) is 0.771. The highest BCUT2D eigenvalue weighted by molar-refractivity contribution is 7.46. The van der Waals surface area contributed by atoms with Crippen LogP contribution in [-0.4, -0.2) is 9.79 Å². The van der Waals surface area contributed by atoms with Gasteiger partial charge in [0.1, 0.15) is 5.75 Å². The molecule has 0 aromatic heterocycles. The Morgan fingerprint density at radius 3 is 2.36 bits per heavy atom. The number of halogens is 2. The van der Waals surface area contributed by atoms with Crippen molar-refractivity contribution in [3.63, 3.8) is 0 Å². The van der Waals surface area contributed by atoms with Gasteiger partial charge in [-0.3, -0.25) is 9.79 Å². The van der Waals surface area contributed by atoms with Crippen LogP contribution in [0.3, 0.4) is 0 Å². The number of benzene rings is 1. The fourth-order valence-corrected chi connectivity index (χ4v) is 1.29. The van der Waals surface area contributed by atoms with Gasteiger partial charge < -0.3 is 4.52 Å². The highest BCUT2D eigenvalue weighted by Crippen LogP contribution is 2.41. The number of para-hydroxylation sites is 1. The molecule has 2 N–H and O–H groups in total. The maximum atomic E-state index is 12.3. The van der Waals surface area contributed by atoms with Crippen LogP contribution < -0.4 is 4.52 Å². The average molecular weight is 224 g/mol. The number of phosphoric acid groups is 1. The molecule has 0 fully saturated rings. The number of hydrogen-bond acceptors (Lipinski definition) is 2. The third kappa shape index (κ3) is 3.06. The summed E-state index contributed by atoms with van der Waals surface area (Å²) in [4.78, 5) is 16.8. The Bertz CT molecular complexity index is 362. The van der Waals surface area contributed by atoms with Crippen LogP contribution in [0.2, 0.25) is 0 Å². The topological polar surface area (TPSA) is 66.8 Å². The molecule has 0 bridgehead atoms.